The predicted molar refractivity (Wildman–Crippen MR) is 99.9 cm³/mol. The standard InChI is InChI=1S/C18H17ClN2O5S/c19-15-4-2-1-3-12(15)11-17(22)20-13-5-7-14(8-6-13)27(24,25)21-16-9-10-26-18(16)23/h1-8,16,21H,9-11H2,(H,20,22). The average molecular weight is 409 g/mol. The molecule has 1 saturated heterocycles. The lowest BCUT2D eigenvalue weighted by molar-refractivity contribution is -0.139. The summed E-state index contributed by atoms with van der Waals surface area (Å²) in [4.78, 5) is 23.5. The first-order valence-electron chi connectivity index (χ1n) is 8.17. The number of cyclic esters (lactones) is 1. The zero-order chi connectivity index (χ0) is 19.4. The number of esters is 1. The molecule has 1 aliphatic heterocycles. The third kappa shape index (κ3) is 4.85. The van der Waals surface area contributed by atoms with E-state index in [1.54, 1.807) is 24.3 Å². The molecule has 0 saturated carbocycles. The summed E-state index contributed by atoms with van der Waals surface area (Å²) in [6.07, 6.45) is 0.402. The van der Waals surface area contributed by atoms with Gasteiger partial charge in [0.25, 0.3) is 0 Å². The van der Waals surface area contributed by atoms with Gasteiger partial charge in [-0.2, -0.15) is 4.72 Å². The zero-order valence-electron chi connectivity index (χ0n) is 14.1. The molecule has 1 amide bonds. The Kier molecular flexibility index (Phi) is 5.79. The van der Waals surface area contributed by atoms with Crippen LogP contribution in [0.1, 0.15) is 12.0 Å². The Morgan fingerprint density at radius 3 is 2.48 bits per heavy atom. The second kappa shape index (κ2) is 8.08. The topological polar surface area (TPSA) is 102 Å². The average Bonchev–Trinajstić information content (AvgIpc) is 3.01. The van der Waals surface area contributed by atoms with Crippen molar-refractivity contribution in [3.05, 3.63) is 59.1 Å². The Hall–Kier alpha value is -2.42. The van der Waals surface area contributed by atoms with E-state index in [0.717, 1.165) is 0 Å². The number of amides is 1. The fourth-order valence-corrected chi connectivity index (χ4v) is 4.02. The van der Waals surface area contributed by atoms with E-state index in [1.165, 1.54) is 24.3 Å². The molecule has 1 fully saturated rings. The highest BCUT2D eigenvalue weighted by atomic mass is 35.5. The Labute approximate surface area is 161 Å². The summed E-state index contributed by atoms with van der Waals surface area (Å²) in [7, 11) is -3.86. The van der Waals surface area contributed by atoms with Gasteiger partial charge in [0.1, 0.15) is 6.04 Å². The molecule has 1 heterocycles. The van der Waals surface area contributed by atoms with Gasteiger partial charge in [-0.25, -0.2) is 8.42 Å². The van der Waals surface area contributed by atoms with Gasteiger partial charge in [0.05, 0.1) is 17.9 Å². The lowest BCUT2D eigenvalue weighted by Gasteiger charge is -2.11. The third-order valence-corrected chi connectivity index (χ3v) is 5.85. The van der Waals surface area contributed by atoms with Gasteiger partial charge in [-0.3, -0.25) is 9.59 Å². The maximum absolute atomic E-state index is 12.3. The minimum Gasteiger partial charge on any atom is -0.464 e. The summed E-state index contributed by atoms with van der Waals surface area (Å²) in [6, 6.07) is 11.8. The molecular formula is C18H17ClN2O5S. The van der Waals surface area contributed by atoms with Crippen LogP contribution >= 0.6 is 11.6 Å². The molecule has 0 aromatic heterocycles. The summed E-state index contributed by atoms with van der Waals surface area (Å²) < 4.78 is 31.7. The first-order chi connectivity index (χ1) is 12.8. The molecule has 9 heteroatoms. The maximum atomic E-state index is 12.3. The summed E-state index contributed by atoms with van der Waals surface area (Å²) in [6.45, 7) is 0.197. The second-order valence-corrected chi connectivity index (χ2v) is 8.09. The number of ether oxygens (including phenoxy) is 1. The molecule has 2 aromatic rings. The first-order valence-corrected chi connectivity index (χ1v) is 10.0. The molecule has 7 nitrogen and oxygen atoms in total. The van der Waals surface area contributed by atoms with Crippen LogP contribution in [0.2, 0.25) is 5.02 Å². The van der Waals surface area contributed by atoms with Crippen molar-refractivity contribution in [2.45, 2.75) is 23.8 Å². The van der Waals surface area contributed by atoms with E-state index in [1.807, 2.05) is 0 Å². The maximum Gasteiger partial charge on any atom is 0.324 e. The van der Waals surface area contributed by atoms with E-state index in [2.05, 4.69) is 10.0 Å². The van der Waals surface area contributed by atoms with Crippen LogP contribution in [0.15, 0.2) is 53.4 Å². The fraction of sp³-hybridized carbons (Fsp3) is 0.222. The van der Waals surface area contributed by atoms with Crippen molar-refractivity contribution in [2.75, 3.05) is 11.9 Å². The number of carbonyl (C=O) groups excluding carboxylic acids is 2. The van der Waals surface area contributed by atoms with Crippen molar-refractivity contribution in [3.63, 3.8) is 0 Å². The van der Waals surface area contributed by atoms with E-state index in [9.17, 15) is 18.0 Å². The van der Waals surface area contributed by atoms with Crippen molar-refractivity contribution in [1.29, 1.82) is 0 Å². The molecule has 0 bridgehead atoms. The lowest BCUT2D eigenvalue weighted by atomic mass is 10.1. The highest BCUT2D eigenvalue weighted by molar-refractivity contribution is 7.89. The normalized spacial score (nSPS) is 16.8. The van der Waals surface area contributed by atoms with Gasteiger partial charge >= 0.3 is 5.97 Å². The molecular weight excluding hydrogens is 392 g/mol. The Morgan fingerprint density at radius 2 is 1.85 bits per heavy atom. The van der Waals surface area contributed by atoms with Crippen LogP contribution in [0.25, 0.3) is 0 Å². The second-order valence-electron chi connectivity index (χ2n) is 5.97. The number of anilines is 1. The van der Waals surface area contributed by atoms with E-state index in [0.29, 0.717) is 22.7 Å². The smallest absolute Gasteiger partial charge is 0.324 e. The van der Waals surface area contributed by atoms with Gasteiger partial charge < -0.3 is 10.1 Å². The van der Waals surface area contributed by atoms with Crippen LogP contribution in [0.3, 0.4) is 0 Å². The largest absolute Gasteiger partial charge is 0.464 e. The van der Waals surface area contributed by atoms with Crippen molar-refractivity contribution < 1.29 is 22.7 Å². The number of benzene rings is 2. The highest BCUT2D eigenvalue weighted by Crippen LogP contribution is 2.18. The molecule has 0 spiro atoms. The minimum atomic E-state index is -3.86. The molecule has 1 unspecified atom stereocenters. The van der Waals surface area contributed by atoms with Crippen molar-refractivity contribution >= 4 is 39.2 Å². The predicted octanol–water partition coefficient (Wildman–Crippen LogP) is 2.12. The van der Waals surface area contributed by atoms with E-state index in [-0.39, 0.29) is 23.8 Å². The molecule has 2 N–H and O–H groups in total. The molecule has 1 aliphatic rings. The van der Waals surface area contributed by atoms with Crippen LogP contribution in [-0.2, 0) is 30.8 Å². The van der Waals surface area contributed by atoms with E-state index < -0.39 is 22.0 Å². The van der Waals surface area contributed by atoms with Crippen LogP contribution < -0.4 is 10.0 Å². The highest BCUT2D eigenvalue weighted by Gasteiger charge is 2.31. The van der Waals surface area contributed by atoms with Crippen LogP contribution in [-0.4, -0.2) is 32.9 Å². The third-order valence-electron chi connectivity index (χ3n) is 3.99. The number of nitrogens with one attached hydrogen (secondary N) is 2. The molecule has 2 aromatic carbocycles. The number of hydrogen-bond donors (Lipinski definition) is 2. The van der Waals surface area contributed by atoms with Crippen molar-refractivity contribution in [3.8, 4) is 0 Å². The summed E-state index contributed by atoms with van der Waals surface area (Å²) in [5.41, 5.74) is 1.15. The van der Waals surface area contributed by atoms with Gasteiger partial charge in [-0.1, -0.05) is 29.8 Å². The molecule has 0 radical (unpaired) electrons. The first kappa shape index (κ1) is 19.3. The Balaban J connectivity index is 1.63. The summed E-state index contributed by atoms with van der Waals surface area (Å²) in [5.74, 6) is -0.854. The van der Waals surface area contributed by atoms with Gasteiger partial charge in [0.2, 0.25) is 15.9 Å². The van der Waals surface area contributed by atoms with Crippen molar-refractivity contribution in [2.24, 2.45) is 0 Å². The molecule has 1 atom stereocenters. The minimum absolute atomic E-state index is 0.00805. The van der Waals surface area contributed by atoms with E-state index in [4.69, 9.17) is 16.3 Å². The van der Waals surface area contributed by atoms with Gasteiger partial charge in [-0.05, 0) is 35.9 Å². The quantitative estimate of drug-likeness (QED) is 0.713. The number of sulfonamides is 1. The Bertz CT molecular complexity index is 960. The molecule has 3 rings (SSSR count). The fourth-order valence-electron chi connectivity index (χ4n) is 2.60. The summed E-state index contributed by atoms with van der Waals surface area (Å²) in [5, 5.41) is 3.19. The summed E-state index contributed by atoms with van der Waals surface area (Å²) >= 11 is 6.04. The number of hydrogen-bond acceptors (Lipinski definition) is 5. The van der Waals surface area contributed by atoms with Gasteiger partial charge in [0, 0.05) is 17.1 Å². The van der Waals surface area contributed by atoms with Gasteiger partial charge in [-0.15, -0.1) is 0 Å². The number of rotatable bonds is 6. The van der Waals surface area contributed by atoms with Gasteiger partial charge in [0.15, 0.2) is 0 Å². The molecule has 0 aliphatic carbocycles. The Morgan fingerprint density at radius 1 is 1.15 bits per heavy atom. The van der Waals surface area contributed by atoms with Crippen LogP contribution in [0.4, 0.5) is 5.69 Å². The zero-order valence-corrected chi connectivity index (χ0v) is 15.7. The lowest BCUT2D eigenvalue weighted by Crippen LogP contribution is -2.37. The van der Waals surface area contributed by atoms with Crippen LogP contribution in [0, 0.1) is 0 Å². The van der Waals surface area contributed by atoms with E-state index >= 15 is 0 Å². The molecule has 27 heavy (non-hydrogen) atoms. The SMILES string of the molecule is O=C(Cc1ccccc1Cl)Nc1ccc(S(=O)(=O)NC2CCOC2=O)cc1. The van der Waals surface area contributed by atoms with Crippen molar-refractivity contribution in [1.82, 2.24) is 4.72 Å². The number of carbonyl (C=O) groups is 2. The number of halogens is 1. The molecule has 142 valence electrons. The monoisotopic (exact) mass is 408 g/mol. The van der Waals surface area contributed by atoms with Crippen LogP contribution in [0.5, 0.6) is 0 Å².